The fourth-order valence-electron chi connectivity index (χ4n) is 2.02. The van der Waals surface area contributed by atoms with Gasteiger partial charge in [-0.05, 0) is 25.7 Å². The third-order valence-corrected chi connectivity index (χ3v) is 4.23. The van der Waals surface area contributed by atoms with E-state index in [1.807, 2.05) is 0 Å². The average Bonchev–Trinajstić information content (AvgIpc) is 2.17. The van der Waals surface area contributed by atoms with Crippen LogP contribution in [-0.4, -0.2) is 27.2 Å². The van der Waals surface area contributed by atoms with Crippen LogP contribution in [0.15, 0.2) is 0 Å². The van der Waals surface area contributed by atoms with Gasteiger partial charge < -0.3 is 10.2 Å². The molecule has 1 saturated carbocycles. The molecule has 0 amide bonds. The molecular formula is C10H19BrO2. The van der Waals surface area contributed by atoms with Crippen LogP contribution in [0.3, 0.4) is 0 Å². The van der Waals surface area contributed by atoms with Crippen LogP contribution in [0.25, 0.3) is 0 Å². The Kier molecular flexibility index (Phi) is 4.70. The highest BCUT2D eigenvalue weighted by Crippen LogP contribution is 2.30. The highest BCUT2D eigenvalue weighted by atomic mass is 79.9. The molecule has 13 heavy (non-hydrogen) atoms. The maximum absolute atomic E-state index is 9.91. The van der Waals surface area contributed by atoms with E-state index in [2.05, 4.69) is 15.9 Å². The Hall–Kier alpha value is 0.400. The summed E-state index contributed by atoms with van der Waals surface area (Å²) in [6, 6.07) is 0. The first-order valence-corrected chi connectivity index (χ1v) is 6.04. The van der Waals surface area contributed by atoms with Crippen molar-refractivity contribution >= 4 is 15.9 Å². The van der Waals surface area contributed by atoms with Gasteiger partial charge in [0, 0.05) is 0 Å². The first-order valence-electron chi connectivity index (χ1n) is 5.13. The zero-order valence-electron chi connectivity index (χ0n) is 8.12. The zero-order chi connectivity index (χ0) is 9.84. The summed E-state index contributed by atoms with van der Waals surface area (Å²) in [4.78, 5) is -0.171. The summed E-state index contributed by atoms with van der Waals surface area (Å²) in [5.41, 5.74) is 0. The summed E-state index contributed by atoms with van der Waals surface area (Å²) < 4.78 is 0. The molecule has 78 valence electrons. The minimum atomic E-state index is -0.475. The van der Waals surface area contributed by atoms with Gasteiger partial charge in [0.15, 0.2) is 0 Å². The molecule has 1 fully saturated rings. The number of hydrogen-bond donors (Lipinski definition) is 2. The molecule has 3 heteroatoms. The molecule has 0 aromatic heterocycles. The molecule has 0 bridgehead atoms. The van der Waals surface area contributed by atoms with Crippen LogP contribution < -0.4 is 0 Å². The average molecular weight is 251 g/mol. The molecule has 2 N–H and O–H groups in total. The summed E-state index contributed by atoms with van der Waals surface area (Å²) >= 11 is 3.34. The quantitative estimate of drug-likeness (QED) is 0.754. The van der Waals surface area contributed by atoms with Crippen LogP contribution in [0.5, 0.6) is 0 Å². The van der Waals surface area contributed by atoms with Crippen molar-refractivity contribution in [3.8, 4) is 0 Å². The highest BCUT2D eigenvalue weighted by molar-refractivity contribution is 9.09. The molecule has 0 spiro atoms. The summed E-state index contributed by atoms with van der Waals surface area (Å²) in [5, 5.41) is 19.2. The van der Waals surface area contributed by atoms with Crippen LogP contribution in [0.2, 0.25) is 0 Å². The number of aliphatic hydroxyl groups is 2. The second-order valence-corrected chi connectivity index (χ2v) is 5.13. The maximum atomic E-state index is 9.91. The van der Waals surface area contributed by atoms with E-state index in [1.54, 1.807) is 6.92 Å². The molecule has 0 aromatic rings. The lowest BCUT2D eigenvalue weighted by Crippen LogP contribution is -2.37. The van der Waals surface area contributed by atoms with E-state index in [4.69, 9.17) is 0 Å². The van der Waals surface area contributed by atoms with Gasteiger partial charge in [0.1, 0.15) is 0 Å². The van der Waals surface area contributed by atoms with Gasteiger partial charge in [-0.15, -0.1) is 0 Å². The SMILES string of the molecule is C[C@H](O)[C@@H](Br)[C@@H](O)C1CCCCC1. The highest BCUT2D eigenvalue weighted by Gasteiger charge is 2.29. The minimum absolute atomic E-state index is 0.171. The second-order valence-electron chi connectivity index (χ2n) is 4.07. The lowest BCUT2D eigenvalue weighted by molar-refractivity contribution is 0.0461. The van der Waals surface area contributed by atoms with E-state index in [9.17, 15) is 10.2 Å². The van der Waals surface area contributed by atoms with Crippen molar-refractivity contribution in [2.45, 2.75) is 56.1 Å². The van der Waals surface area contributed by atoms with Gasteiger partial charge in [0.05, 0.1) is 17.0 Å². The number of alkyl halides is 1. The molecule has 3 atom stereocenters. The molecule has 2 nitrogen and oxygen atoms in total. The third-order valence-electron chi connectivity index (χ3n) is 2.92. The molecule has 1 aliphatic carbocycles. The molecule has 0 aliphatic heterocycles. The van der Waals surface area contributed by atoms with Crippen LogP contribution >= 0.6 is 15.9 Å². The minimum Gasteiger partial charge on any atom is -0.392 e. The van der Waals surface area contributed by atoms with E-state index < -0.39 is 6.10 Å². The van der Waals surface area contributed by atoms with Gasteiger partial charge in [-0.25, -0.2) is 0 Å². The summed E-state index contributed by atoms with van der Waals surface area (Å²) in [6.07, 6.45) is 5.09. The molecule has 0 unspecified atom stereocenters. The van der Waals surface area contributed by atoms with Crippen molar-refractivity contribution in [1.82, 2.24) is 0 Å². The molecular weight excluding hydrogens is 232 g/mol. The van der Waals surface area contributed by atoms with Gasteiger partial charge in [-0.1, -0.05) is 35.2 Å². The van der Waals surface area contributed by atoms with Gasteiger partial charge in [0.25, 0.3) is 0 Å². The van der Waals surface area contributed by atoms with Crippen LogP contribution in [0.4, 0.5) is 0 Å². The van der Waals surface area contributed by atoms with Crippen molar-refractivity contribution in [2.75, 3.05) is 0 Å². The smallest absolute Gasteiger partial charge is 0.0718 e. The molecule has 1 rings (SSSR count). The van der Waals surface area contributed by atoms with Crippen LogP contribution in [-0.2, 0) is 0 Å². The Morgan fingerprint density at radius 2 is 1.69 bits per heavy atom. The van der Waals surface area contributed by atoms with Crippen LogP contribution in [0, 0.1) is 5.92 Å². The second kappa shape index (κ2) is 5.32. The topological polar surface area (TPSA) is 40.5 Å². The Morgan fingerprint density at radius 3 is 2.15 bits per heavy atom. The number of hydrogen-bond acceptors (Lipinski definition) is 2. The maximum Gasteiger partial charge on any atom is 0.0718 e. The molecule has 0 aromatic carbocycles. The number of aliphatic hydroxyl groups excluding tert-OH is 2. The van der Waals surface area contributed by atoms with E-state index >= 15 is 0 Å². The predicted octanol–water partition coefficient (Wildman–Crippen LogP) is 2.07. The van der Waals surface area contributed by atoms with Gasteiger partial charge in [-0.2, -0.15) is 0 Å². The summed E-state index contributed by atoms with van der Waals surface area (Å²) in [5.74, 6) is 0.382. The van der Waals surface area contributed by atoms with E-state index in [1.165, 1.54) is 19.3 Å². The standard InChI is InChI=1S/C10H19BrO2/c1-7(12)9(11)10(13)8-5-3-2-4-6-8/h7-10,12-13H,2-6H2,1H3/t7-,9+,10-/m0/s1. The first-order chi connectivity index (χ1) is 6.13. The van der Waals surface area contributed by atoms with Gasteiger partial charge >= 0.3 is 0 Å². The van der Waals surface area contributed by atoms with Gasteiger partial charge in [-0.3, -0.25) is 0 Å². The van der Waals surface area contributed by atoms with Crippen molar-refractivity contribution in [2.24, 2.45) is 5.92 Å². The van der Waals surface area contributed by atoms with Crippen molar-refractivity contribution in [1.29, 1.82) is 0 Å². The molecule has 0 saturated heterocycles. The Labute approximate surface area is 88.5 Å². The predicted molar refractivity (Wildman–Crippen MR) is 57.0 cm³/mol. The normalized spacial score (nSPS) is 26.8. The summed E-state index contributed by atoms with van der Waals surface area (Å²) in [7, 11) is 0. The molecule has 1 aliphatic rings. The number of halogens is 1. The van der Waals surface area contributed by atoms with E-state index in [-0.39, 0.29) is 10.9 Å². The monoisotopic (exact) mass is 250 g/mol. The van der Waals surface area contributed by atoms with Gasteiger partial charge in [0.2, 0.25) is 0 Å². The van der Waals surface area contributed by atoms with Crippen molar-refractivity contribution in [3.05, 3.63) is 0 Å². The fraction of sp³-hybridized carbons (Fsp3) is 1.00. The van der Waals surface area contributed by atoms with E-state index in [0.717, 1.165) is 12.8 Å². The molecule has 0 heterocycles. The lowest BCUT2D eigenvalue weighted by atomic mass is 9.83. The lowest BCUT2D eigenvalue weighted by Gasteiger charge is -2.30. The Bertz CT molecular complexity index is 144. The zero-order valence-corrected chi connectivity index (χ0v) is 9.70. The van der Waals surface area contributed by atoms with E-state index in [0.29, 0.717) is 5.92 Å². The molecule has 0 radical (unpaired) electrons. The first kappa shape index (κ1) is 11.5. The largest absolute Gasteiger partial charge is 0.392 e. The van der Waals surface area contributed by atoms with Crippen LogP contribution in [0.1, 0.15) is 39.0 Å². The van der Waals surface area contributed by atoms with Crippen molar-refractivity contribution < 1.29 is 10.2 Å². The van der Waals surface area contributed by atoms with Crippen molar-refractivity contribution in [3.63, 3.8) is 0 Å². The number of rotatable bonds is 3. The third kappa shape index (κ3) is 3.22. The Morgan fingerprint density at radius 1 is 1.15 bits per heavy atom. The fourth-order valence-corrected chi connectivity index (χ4v) is 2.45. The summed E-state index contributed by atoms with van der Waals surface area (Å²) in [6.45, 7) is 1.71. The Balaban J connectivity index is 2.40.